The van der Waals surface area contributed by atoms with Gasteiger partial charge in [0.05, 0.1) is 25.9 Å². The number of benzene rings is 2. The van der Waals surface area contributed by atoms with Crippen LogP contribution in [0.25, 0.3) is 21.5 Å². The summed E-state index contributed by atoms with van der Waals surface area (Å²) in [6.07, 6.45) is 3.52. The number of aromatic nitrogens is 1. The first-order valence-electron chi connectivity index (χ1n) is 9.55. The fourth-order valence-corrected chi connectivity index (χ4v) is 8.63. The van der Waals surface area contributed by atoms with Crippen molar-refractivity contribution in [2.75, 3.05) is 0 Å². The number of fused-ring (bicyclic) bond motifs is 1. The van der Waals surface area contributed by atoms with Crippen LogP contribution >= 0.6 is 33.8 Å². The number of nitrogens with two attached hydrogens (primary N) is 1. The maximum absolute atomic E-state index is 13.9. The Morgan fingerprint density at radius 1 is 1.03 bits per heavy atom. The molecule has 0 radical (unpaired) electrons. The van der Waals surface area contributed by atoms with Crippen LogP contribution < -0.4 is 5.73 Å². The molecule has 9 heteroatoms. The van der Waals surface area contributed by atoms with Gasteiger partial charge in [-0.15, -0.1) is 11.3 Å². The largest absolute Gasteiger partial charge is 0.365 e. The standard InChI is InChI=1S/C23H17ClN2O3S3/c24-15-9-11-16(12-10-15)32(28,29)26-18-6-2-1-5-17(18)22(21(26)19-7-3-13-30-19)31-14-4-8-20(31)23(25)27/h1-14,31H,(H2,25,27). The molecule has 1 atom stereocenters. The zero-order valence-corrected chi connectivity index (χ0v) is 19.8. The number of nitrogens with zero attached hydrogens (tertiary/aromatic N) is 1. The van der Waals surface area contributed by atoms with Gasteiger partial charge in [0.1, 0.15) is 0 Å². The number of allylic oxidation sites excluding steroid dienone is 2. The lowest BCUT2D eigenvalue weighted by Gasteiger charge is -2.18. The minimum absolute atomic E-state index is 0.132. The van der Waals surface area contributed by atoms with Crippen molar-refractivity contribution in [1.29, 1.82) is 0 Å². The van der Waals surface area contributed by atoms with E-state index in [1.54, 1.807) is 30.3 Å². The third kappa shape index (κ3) is 3.31. The van der Waals surface area contributed by atoms with Gasteiger partial charge in [-0.2, -0.15) is 10.9 Å². The molecule has 1 aliphatic heterocycles. The molecule has 2 aromatic carbocycles. The van der Waals surface area contributed by atoms with E-state index in [9.17, 15) is 13.2 Å². The van der Waals surface area contributed by atoms with E-state index in [0.717, 1.165) is 15.2 Å². The zero-order valence-electron chi connectivity index (χ0n) is 16.5. The Morgan fingerprint density at radius 2 is 1.78 bits per heavy atom. The van der Waals surface area contributed by atoms with Gasteiger partial charge in [0.2, 0.25) is 0 Å². The first kappa shape index (κ1) is 21.1. The Bertz CT molecular complexity index is 1520. The second-order valence-electron chi connectivity index (χ2n) is 7.04. The van der Waals surface area contributed by atoms with E-state index in [1.165, 1.54) is 27.4 Å². The van der Waals surface area contributed by atoms with Crippen LogP contribution in [0.2, 0.25) is 5.02 Å². The normalized spacial score (nSPS) is 17.0. The summed E-state index contributed by atoms with van der Waals surface area (Å²) in [5.41, 5.74) is 6.78. The summed E-state index contributed by atoms with van der Waals surface area (Å²) in [5, 5.41) is 5.07. The molecule has 1 unspecified atom stereocenters. The molecule has 5 nitrogen and oxygen atoms in total. The summed E-state index contributed by atoms with van der Waals surface area (Å²) in [6, 6.07) is 17.2. The van der Waals surface area contributed by atoms with E-state index in [-0.39, 0.29) is 4.90 Å². The summed E-state index contributed by atoms with van der Waals surface area (Å²) in [7, 11) is -5.23. The van der Waals surface area contributed by atoms with Gasteiger partial charge in [0.15, 0.2) is 0 Å². The van der Waals surface area contributed by atoms with Gasteiger partial charge >= 0.3 is 0 Å². The van der Waals surface area contributed by atoms with E-state index in [4.69, 9.17) is 17.3 Å². The molecule has 3 heterocycles. The maximum atomic E-state index is 13.9. The number of amides is 1. The Balaban J connectivity index is 1.90. The summed E-state index contributed by atoms with van der Waals surface area (Å²) >= 11 is 7.44. The Hall–Kier alpha value is -2.78. The first-order valence-corrected chi connectivity index (χ1v) is 13.7. The Labute approximate surface area is 196 Å². The number of para-hydroxylation sites is 1. The van der Waals surface area contributed by atoms with Crippen molar-refractivity contribution in [3.05, 3.63) is 93.5 Å². The van der Waals surface area contributed by atoms with Crippen LogP contribution in [0.4, 0.5) is 0 Å². The summed E-state index contributed by atoms with van der Waals surface area (Å²) in [4.78, 5) is 14.4. The van der Waals surface area contributed by atoms with Crippen molar-refractivity contribution in [3.8, 4) is 10.6 Å². The highest BCUT2D eigenvalue weighted by Gasteiger charge is 2.32. The van der Waals surface area contributed by atoms with Crippen molar-refractivity contribution in [3.63, 3.8) is 0 Å². The molecule has 0 saturated carbocycles. The van der Waals surface area contributed by atoms with Crippen LogP contribution in [0.5, 0.6) is 0 Å². The molecule has 162 valence electrons. The molecule has 5 rings (SSSR count). The van der Waals surface area contributed by atoms with Gasteiger partial charge in [-0.05, 0) is 53.3 Å². The van der Waals surface area contributed by atoms with Crippen molar-refractivity contribution < 1.29 is 13.2 Å². The lowest BCUT2D eigenvalue weighted by Crippen LogP contribution is -2.15. The fourth-order valence-electron chi connectivity index (χ4n) is 3.81. The van der Waals surface area contributed by atoms with Gasteiger partial charge < -0.3 is 5.73 Å². The molecule has 4 aromatic rings. The average molecular weight is 501 g/mol. The highest BCUT2D eigenvalue weighted by molar-refractivity contribution is 8.24. The predicted molar refractivity (Wildman–Crippen MR) is 133 cm³/mol. The second kappa shape index (κ2) is 7.97. The van der Waals surface area contributed by atoms with E-state index in [0.29, 0.717) is 21.1 Å². The third-order valence-electron chi connectivity index (χ3n) is 5.15. The molecule has 32 heavy (non-hydrogen) atoms. The lowest BCUT2D eigenvalue weighted by molar-refractivity contribution is -0.113. The average Bonchev–Trinajstić information content (AvgIpc) is 3.51. The topological polar surface area (TPSA) is 82.2 Å². The summed E-state index contributed by atoms with van der Waals surface area (Å²) < 4.78 is 29.2. The summed E-state index contributed by atoms with van der Waals surface area (Å²) in [6.45, 7) is 0. The van der Waals surface area contributed by atoms with E-state index >= 15 is 0 Å². The molecule has 1 amide bonds. The van der Waals surface area contributed by atoms with Crippen LogP contribution in [0.15, 0.2) is 98.3 Å². The smallest absolute Gasteiger partial charge is 0.268 e. The van der Waals surface area contributed by atoms with E-state index in [2.05, 4.69) is 0 Å². The number of hydrogen-bond acceptors (Lipinski definition) is 4. The number of thiophene rings is 1. The fraction of sp³-hybridized carbons (Fsp3) is 0. The van der Waals surface area contributed by atoms with Crippen LogP contribution in [0.3, 0.4) is 0 Å². The van der Waals surface area contributed by atoms with Crippen molar-refractivity contribution >= 4 is 60.7 Å². The number of carbonyl (C=O) groups is 1. The molecule has 2 N–H and O–H groups in total. The van der Waals surface area contributed by atoms with Gasteiger partial charge in [-0.25, -0.2) is 12.4 Å². The molecule has 2 aromatic heterocycles. The highest BCUT2D eigenvalue weighted by Crippen LogP contribution is 2.56. The molecular weight excluding hydrogens is 484 g/mol. The Kier molecular flexibility index (Phi) is 5.25. The van der Waals surface area contributed by atoms with Crippen LogP contribution in [-0.4, -0.2) is 18.3 Å². The van der Waals surface area contributed by atoms with Crippen LogP contribution in [-0.2, 0) is 14.8 Å². The second-order valence-corrected chi connectivity index (χ2v) is 12.2. The molecule has 0 fully saturated rings. The molecule has 0 bridgehead atoms. The van der Waals surface area contributed by atoms with Crippen molar-refractivity contribution in [2.45, 2.75) is 9.79 Å². The number of halogens is 1. The number of hydrogen-bond donors (Lipinski definition) is 2. The first-order chi connectivity index (χ1) is 15.4. The molecule has 1 aliphatic rings. The Morgan fingerprint density at radius 3 is 2.47 bits per heavy atom. The number of primary amides is 1. The quantitative estimate of drug-likeness (QED) is 0.354. The van der Waals surface area contributed by atoms with Gasteiger partial charge in [0, 0.05) is 15.3 Å². The molecule has 0 saturated heterocycles. The molecule has 0 spiro atoms. The predicted octanol–water partition coefficient (Wildman–Crippen LogP) is 5.52. The maximum Gasteiger partial charge on any atom is 0.268 e. The van der Waals surface area contributed by atoms with E-state index in [1.807, 2.05) is 41.1 Å². The van der Waals surface area contributed by atoms with Gasteiger partial charge in [0.25, 0.3) is 15.9 Å². The SMILES string of the molecule is NC(=O)C1=CC=C[SH]1c1c(-c2cccs2)n(S(=O)(=O)c2ccc(Cl)cc2)c2ccccc12. The van der Waals surface area contributed by atoms with Crippen LogP contribution in [0, 0.1) is 0 Å². The lowest BCUT2D eigenvalue weighted by atomic mass is 10.2. The minimum atomic E-state index is -3.97. The van der Waals surface area contributed by atoms with Crippen molar-refractivity contribution in [1.82, 2.24) is 3.97 Å². The van der Waals surface area contributed by atoms with Gasteiger partial charge in [-0.1, -0.05) is 41.9 Å². The van der Waals surface area contributed by atoms with Gasteiger partial charge in [-0.3, -0.25) is 4.79 Å². The summed E-state index contributed by atoms with van der Waals surface area (Å²) in [5.74, 6) is -0.504. The number of carbonyl (C=O) groups excluding carboxylic acids is 1. The molecular formula is C23H17ClN2O3S3. The monoisotopic (exact) mass is 500 g/mol. The van der Waals surface area contributed by atoms with Crippen molar-refractivity contribution in [2.24, 2.45) is 5.73 Å². The molecule has 0 aliphatic carbocycles. The van der Waals surface area contributed by atoms with E-state index < -0.39 is 26.8 Å². The zero-order chi connectivity index (χ0) is 22.5. The minimum Gasteiger partial charge on any atom is -0.365 e. The third-order valence-corrected chi connectivity index (χ3v) is 10.3. The number of thiol groups is 1. The number of rotatable bonds is 5. The van der Waals surface area contributed by atoms with Crippen LogP contribution in [0.1, 0.15) is 0 Å². The highest BCUT2D eigenvalue weighted by atomic mass is 35.5.